The molecule has 1 fully saturated rings. The summed E-state index contributed by atoms with van der Waals surface area (Å²) in [5.41, 5.74) is 4.84. The summed E-state index contributed by atoms with van der Waals surface area (Å²) < 4.78 is 43.6. The second-order valence-corrected chi connectivity index (χ2v) is 8.00. The number of hydrogen-bond acceptors (Lipinski definition) is 8. The van der Waals surface area contributed by atoms with Gasteiger partial charge in [-0.05, 0) is 36.3 Å². The lowest BCUT2D eigenvalue weighted by molar-refractivity contribution is -0.108. The molecule has 0 aliphatic heterocycles. The van der Waals surface area contributed by atoms with Gasteiger partial charge in [0.25, 0.3) is 5.91 Å². The van der Waals surface area contributed by atoms with Gasteiger partial charge in [-0.3, -0.25) is 20.4 Å². The summed E-state index contributed by atoms with van der Waals surface area (Å²) in [7, 11) is 2.41. The Labute approximate surface area is 181 Å². The van der Waals surface area contributed by atoms with Crippen molar-refractivity contribution in [3.05, 3.63) is 46.9 Å². The van der Waals surface area contributed by atoms with Gasteiger partial charge >= 0.3 is 6.18 Å². The van der Waals surface area contributed by atoms with Crippen LogP contribution in [0.15, 0.2) is 40.5 Å². The van der Waals surface area contributed by atoms with E-state index in [9.17, 15) is 23.2 Å². The highest BCUT2D eigenvalue weighted by molar-refractivity contribution is 7.99. The molecule has 4 N–H and O–H groups in total. The van der Waals surface area contributed by atoms with Crippen molar-refractivity contribution in [2.24, 2.45) is 5.73 Å². The number of nitrogens with one attached hydrogen (secondary N) is 1. The lowest BCUT2D eigenvalue weighted by Gasteiger charge is -2.22. The van der Waals surface area contributed by atoms with Crippen LogP contribution in [0.4, 0.5) is 13.2 Å². The minimum absolute atomic E-state index is 0.0505. The van der Waals surface area contributed by atoms with Crippen LogP contribution >= 0.6 is 11.8 Å². The van der Waals surface area contributed by atoms with Crippen LogP contribution < -0.4 is 11.2 Å². The van der Waals surface area contributed by atoms with Crippen LogP contribution in [0.2, 0.25) is 0 Å². The molecular formula is C19H22F3N5O3S. The average Bonchev–Trinajstić information content (AvgIpc) is 3.52. The number of carbonyl (C=O) groups is 1. The van der Waals surface area contributed by atoms with E-state index < -0.39 is 28.9 Å². The minimum atomic E-state index is -4.90. The summed E-state index contributed by atoms with van der Waals surface area (Å²) in [6.07, 6.45) is -1.59. The number of methoxy groups -OCH3 is 1. The van der Waals surface area contributed by atoms with Gasteiger partial charge in [-0.25, -0.2) is 4.98 Å². The van der Waals surface area contributed by atoms with Crippen molar-refractivity contribution in [3.63, 3.8) is 0 Å². The Morgan fingerprint density at radius 2 is 2.19 bits per heavy atom. The number of hydrogen-bond donors (Lipinski definition) is 3. The van der Waals surface area contributed by atoms with Crippen molar-refractivity contribution in [3.8, 4) is 6.07 Å². The molecule has 8 nitrogen and oxygen atoms in total. The molecule has 1 aliphatic carbocycles. The molecule has 1 aliphatic rings. The zero-order chi connectivity index (χ0) is 23.4. The van der Waals surface area contributed by atoms with E-state index in [2.05, 4.69) is 11.1 Å². The highest BCUT2D eigenvalue weighted by atomic mass is 32.2. The predicted octanol–water partition coefficient (Wildman–Crippen LogP) is 3.02. The molecule has 0 unspecified atom stereocenters. The highest BCUT2D eigenvalue weighted by Crippen LogP contribution is 2.48. The third-order valence-corrected chi connectivity index (χ3v) is 5.56. The van der Waals surface area contributed by atoms with Crippen molar-refractivity contribution < 1.29 is 27.9 Å². The maximum absolute atomic E-state index is 13.1. The van der Waals surface area contributed by atoms with E-state index >= 15 is 0 Å². The highest BCUT2D eigenvalue weighted by Gasteiger charge is 2.45. The molecule has 1 aromatic heterocycles. The lowest BCUT2D eigenvalue weighted by Crippen LogP contribution is -2.31. The van der Waals surface area contributed by atoms with Crippen molar-refractivity contribution in [2.45, 2.75) is 36.3 Å². The fourth-order valence-electron chi connectivity index (χ4n) is 2.82. The Balaban J connectivity index is 2.44. The zero-order valence-corrected chi connectivity index (χ0v) is 17.9. The van der Waals surface area contributed by atoms with Crippen LogP contribution in [-0.2, 0) is 10.2 Å². The van der Waals surface area contributed by atoms with Crippen molar-refractivity contribution in [1.82, 2.24) is 15.4 Å². The molecule has 168 valence electrons. The summed E-state index contributed by atoms with van der Waals surface area (Å²) in [5.74, 6) is -0.400. The van der Waals surface area contributed by atoms with Crippen molar-refractivity contribution in [1.29, 1.82) is 5.26 Å². The Bertz CT molecular complexity index is 952. The van der Waals surface area contributed by atoms with Gasteiger partial charge in [-0.1, -0.05) is 6.92 Å². The molecule has 0 spiro atoms. The number of nitriles is 1. The number of carbonyl (C=O) groups excluding carboxylic acids is 1. The monoisotopic (exact) mass is 457 g/mol. The van der Waals surface area contributed by atoms with Gasteiger partial charge < -0.3 is 10.5 Å². The van der Waals surface area contributed by atoms with E-state index in [1.54, 1.807) is 6.07 Å². The van der Waals surface area contributed by atoms with Crippen LogP contribution in [0, 0.1) is 11.3 Å². The maximum Gasteiger partial charge on any atom is 0.433 e. The summed E-state index contributed by atoms with van der Waals surface area (Å²) >= 11 is 1.35. The number of aromatic nitrogens is 1. The fraction of sp³-hybridized carbons (Fsp3) is 0.421. The number of nitrogens with two attached hydrogens (primary N) is 1. The quantitative estimate of drug-likeness (QED) is 0.236. The Kier molecular flexibility index (Phi) is 7.45. The Hall–Kier alpha value is -2.91. The second kappa shape index (κ2) is 9.49. The van der Waals surface area contributed by atoms with E-state index in [1.165, 1.54) is 25.0 Å². The second-order valence-electron chi connectivity index (χ2n) is 6.69. The molecule has 2 rings (SSSR count). The van der Waals surface area contributed by atoms with Crippen LogP contribution in [0.25, 0.3) is 0 Å². The van der Waals surface area contributed by atoms with E-state index in [0.29, 0.717) is 29.6 Å². The Morgan fingerprint density at radius 3 is 2.65 bits per heavy atom. The fourth-order valence-corrected chi connectivity index (χ4v) is 3.61. The standard InChI is InChI=1S/C19H22F3N5O3S/c1-4-31-13-7-11(18(10-23)5-6-18)9-25-15(13)16(28)27(2)17(30-3)12(24)8-14(26-29)19(20,21)22/h7-9,26,29H,4-6,24H2,1-3H3/b14-8-,17-12+. The maximum atomic E-state index is 13.1. The molecule has 0 radical (unpaired) electrons. The molecular weight excluding hydrogens is 435 g/mol. The van der Waals surface area contributed by atoms with Gasteiger partial charge in [-0.15, -0.1) is 11.8 Å². The van der Waals surface area contributed by atoms with Crippen LogP contribution in [0.3, 0.4) is 0 Å². The van der Waals surface area contributed by atoms with E-state index in [4.69, 9.17) is 15.7 Å². The molecule has 1 heterocycles. The smallest absolute Gasteiger partial charge is 0.433 e. The van der Waals surface area contributed by atoms with E-state index in [1.807, 2.05) is 6.92 Å². The molecule has 0 aromatic carbocycles. The van der Waals surface area contributed by atoms with Crippen LogP contribution in [-0.4, -0.2) is 47.1 Å². The van der Waals surface area contributed by atoms with Gasteiger partial charge in [0, 0.05) is 18.1 Å². The van der Waals surface area contributed by atoms with Gasteiger partial charge in [0.2, 0.25) is 5.88 Å². The van der Waals surface area contributed by atoms with Gasteiger partial charge in [0.15, 0.2) is 0 Å². The van der Waals surface area contributed by atoms with Crippen molar-refractivity contribution in [2.75, 3.05) is 19.9 Å². The first kappa shape index (κ1) is 24.4. The number of halogens is 3. The summed E-state index contributed by atoms with van der Waals surface area (Å²) in [6.45, 7) is 1.89. The number of amides is 1. The molecule has 1 amide bonds. The van der Waals surface area contributed by atoms with Crippen molar-refractivity contribution >= 4 is 17.7 Å². The normalized spacial score (nSPS) is 16.1. The molecule has 1 saturated carbocycles. The zero-order valence-electron chi connectivity index (χ0n) is 17.1. The van der Waals surface area contributed by atoms with Gasteiger partial charge in [-0.2, -0.15) is 18.4 Å². The molecule has 31 heavy (non-hydrogen) atoms. The predicted molar refractivity (Wildman–Crippen MR) is 107 cm³/mol. The number of rotatable bonds is 8. The summed E-state index contributed by atoms with van der Waals surface area (Å²) in [4.78, 5) is 18.8. The summed E-state index contributed by atoms with van der Waals surface area (Å²) in [6, 6.07) is 4.02. The molecule has 0 bridgehead atoms. The molecule has 12 heteroatoms. The first-order valence-electron chi connectivity index (χ1n) is 9.10. The largest absolute Gasteiger partial charge is 0.481 e. The topological polar surface area (TPSA) is 124 Å². The number of thioether (sulfide) groups is 1. The van der Waals surface area contributed by atoms with Gasteiger partial charge in [0.1, 0.15) is 11.4 Å². The lowest BCUT2D eigenvalue weighted by atomic mass is 9.99. The number of pyridine rings is 1. The third-order valence-electron chi connectivity index (χ3n) is 4.65. The average molecular weight is 457 g/mol. The number of alkyl halides is 3. The number of hydroxylamine groups is 1. The minimum Gasteiger partial charge on any atom is -0.481 e. The first-order valence-corrected chi connectivity index (χ1v) is 10.1. The van der Waals surface area contributed by atoms with E-state index in [-0.39, 0.29) is 11.6 Å². The SMILES string of the molecule is CCSc1cc(C2(C#N)CC2)cnc1C(=O)N(C)/C(OC)=C(N)/C=C(\NO)C(F)(F)F. The first-order chi connectivity index (χ1) is 14.5. The summed E-state index contributed by atoms with van der Waals surface area (Å²) in [5, 5.41) is 18.1. The molecule has 1 aromatic rings. The third kappa shape index (κ3) is 5.23. The molecule has 0 saturated heterocycles. The number of allylic oxidation sites excluding steroid dienone is 2. The molecule has 0 atom stereocenters. The number of ether oxygens (including phenoxy) is 1. The van der Waals surface area contributed by atoms with E-state index in [0.717, 1.165) is 23.1 Å². The van der Waals surface area contributed by atoms with Gasteiger partial charge in [0.05, 0.1) is 24.3 Å². The number of nitrogens with zero attached hydrogens (tertiary/aromatic N) is 3. The van der Waals surface area contributed by atoms with Crippen LogP contribution in [0.5, 0.6) is 0 Å². The van der Waals surface area contributed by atoms with Crippen LogP contribution in [0.1, 0.15) is 35.8 Å². The Morgan fingerprint density at radius 1 is 1.55 bits per heavy atom.